The second-order valence-corrected chi connectivity index (χ2v) is 13.4. The number of nitrogens with two attached hydrogens (primary N) is 3. The van der Waals surface area contributed by atoms with Crippen molar-refractivity contribution in [2.45, 2.75) is 185 Å². The third kappa shape index (κ3) is 13.9. The number of aliphatic hydroxyl groups is 3. The third-order valence-corrected chi connectivity index (χ3v) is 9.36. The molecule has 1 rings (SSSR count). The number of Topliss-reactive ketones (excluding diaryl/α,β-unsaturated/α-hetero) is 2. The van der Waals surface area contributed by atoms with Crippen LogP contribution in [-0.4, -0.2) is 87.1 Å². The molecule has 1 amide bonds. The molecule has 0 aliphatic carbocycles. The first kappa shape index (κ1) is 42.6. The first-order chi connectivity index (χ1) is 22.0. The summed E-state index contributed by atoms with van der Waals surface area (Å²) >= 11 is 0. The minimum atomic E-state index is -2.24. The molecule has 1 aliphatic rings. The summed E-state index contributed by atoms with van der Waals surface area (Å²) in [6.45, 7) is 5.22. The number of unbranched alkanes of at least 4 members (excludes halogenated alkanes) is 17. The van der Waals surface area contributed by atoms with Gasteiger partial charge in [0.25, 0.3) is 0 Å². The molecule has 1 unspecified atom stereocenters. The first-order valence-electron chi connectivity index (χ1n) is 18.3. The lowest BCUT2D eigenvalue weighted by Crippen LogP contribution is -2.76. The molecule has 9 N–H and O–H groups in total. The topological polar surface area (TPSA) is 202 Å². The van der Waals surface area contributed by atoms with E-state index in [0.717, 1.165) is 44.9 Å². The smallest absolute Gasteiger partial charge is 0.225 e. The van der Waals surface area contributed by atoms with Crippen LogP contribution in [0.3, 0.4) is 0 Å². The number of rotatable bonds is 27. The van der Waals surface area contributed by atoms with Crippen LogP contribution in [0.4, 0.5) is 0 Å². The number of ether oxygens (including phenoxy) is 1. The van der Waals surface area contributed by atoms with Gasteiger partial charge in [-0.1, -0.05) is 123 Å². The van der Waals surface area contributed by atoms with Crippen molar-refractivity contribution in [3.63, 3.8) is 0 Å². The lowest BCUT2D eigenvalue weighted by Gasteiger charge is -2.53. The standard InChI is InChI=1S/C35H68N4O7/c1-4-6-8-10-12-14-16-18-20-22-24-39(28(41)23-21-19-17-15-13-11-9-7-5-2)35(38)29(33(44)30(37)31(42)26(3)36)34(45)32(43)27(25-40)46-35/h26-27,29-30,32,34,40,43,45H,4-25,36-38H2,1-3H3/t26-,27+,29+,30?,32+,34+,35-/m0/s1. The van der Waals surface area contributed by atoms with Crippen LogP contribution in [-0.2, 0) is 19.1 Å². The summed E-state index contributed by atoms with van der Waals surface area (Å²) in [7, 11) is 0. The van der Waals surface area contributed by atoms with Crippen molar-refractivity contribution in [1.82, 2.24) is 4.90 Å². The Morgan fingerprint density at radius 1 is 0.739 bits per heavy atom. The summed E-state index contributed by atoms with van der Waals surface area (Å²) in [5, 5.41) is 31.8. The van der Waals surface area contributed by atoms with E-state index in [-0.39, 0.29) is 18.9 Å². The molecule has 46 heavy (non-hydrogen) atoms. The minimum Gasteiger partial charge on any atom is -0.394 e. The van der Waals surface area contributed by atoms with Gasteiger partial charge in [-0.2, -0.15) is 0 Å². The summed E-state index contributed by atoms with van der Waals surface area (Å²) < 4.78 is 5.95. The molecule has 11 heteroatoms. The highest BCUT2D eigenvalue weighted by Gasteiger charge is 2.60. The van der Waals surface area contributed by atoms with Crippen molar-refractivity contribution in [2.24, 2.45) is 23.1 Å². The van der Waals surface area contributed by atoms with Crippen LogP contribution in [0.1, 0.15) is 149 Å². The zero-order valence-electron chi connectivity index (χ0n) is 29.2. The maximum atomic E-state index is 13.8. The number of nitrogens with zero attached hydrogens (tertiary/aromatic N) is 1. The Hall–Kier alpha value is -1.47. The zero-order valence-corrected chi connectivity index (χ0v) is 29.2. The predicted octanol–water partition coefficient (Wildman–Crippen LogP) is 3.81. The Kier molecular flexibility index (Phi) is 22.0. The van der Waals surface area contributed by atoms with Gasteiger partial charge in [-0.15, -0.1) is 0 Å². The molecular formula is C35H68N4O7. The van der Waals surface area contributed by atoms with Crippen molar-refractivity contribution in [3.05, 3.63) is 0 Å². The molecule has 1 fully saturated rings. The average molecular weight is 657 g/mol. The second-order valence-electron chi connectivity index (χ2n) is 13.4. The molecule has 1 saturated heterocycles. The second kappa shape index (κ2) is 23.8. The molecule has 1 heterocycles. The summed E-state index contributed by atoms with van der Waals surface area (Å²) in [6.07, 6.45) is 15.8. The van der Waals surface area contributed by atoms with E-state index in [9.17, 15) is 29.7 Å². The number of aliphatic hydroxyl groups excluding tert-OH is 3. The lowest BCUT2D eigenvalue weighted by atomic mass is 9.79. The van der Waals surface area contributed by atoms with E-state index >= 15 is 0 Å². The van der Waals surface area contributed by atoms with Crippen molar-refractivity contribution < 1.29 is 34.4 Å². The summed E-state index contributed by atoms with van der Waals surface area (Å²) in [5.74, 6) is -6.07. The monoisotopic (exact) mass is 657 g/mol. The molecule has 11 nitrogen and oxygen atoms in total. The van der Waals surface area contributed by atoms with Gasteiger partial charge >= 0.3 is 0 Å². The SMILES string of the molecule is CCCCCCCCCCCCN(C(=O)CCCCCCCCCCC)[C@]1(N)O[C@H](CO)[C@@H](O)[C@H](O)[C@H]1C(=O)C(N)C(=O)[C@H](C)N. The van der Waals surface area contributed by atoms with Crippen LogP contribution < -0.4 is 17.2 Å². The van der Waals surface area contributed by atoms with E-state index in [4.69, 9.17) is 21.9 Å². The van der Waals surface area contributed by atoms with E-state index < -0.39 is 60.3 Å². The fraction of sp³-hybridized carbons (Fsp3) is 0.914. The van der Waals surface area contributed by atoms with Gasteiger partial charge in [0.1, 0.15) is 24.2 Å². The Labute approximate surface area is 278 Å². The minimum absolute atomic E-state index is 0.143. The van der Waals surface area contributed by atoms with Crippen LogP contribution in [0, 0.1) is 5.92 Å². The number of ketones is 2. The molecule has 270 valence electrons. The summed E-state index contributed by atoms with van der Waals surface area (Å²) in [6, 6.07) is -2.80. The zero-order chi connectivity index (χ0) is 34.5. The third-order valence-electron chi connectivity index (χ3n) is 9.36. The fourth-order valence-electron chi connectivity index (χ4n) is 6.39. The number of carbonyl (C=O) groups excluding carboxylic acids is 3. The van der Waals surface area contributed by atoms with E-state index in [1.807, 2.05) is 0 Å². The van der Waals surface area contributed by atoms with Gasteiger partial charge in [-0.05, 0) is 19.8 Å². The number of amides is 1. The molecule has 1 aliphatic heterocycles. The number of hydrogen-bond acceptors (Lipinski definition) is 10. The number of hydrogen-bond donors (Lipinski definition) is 6. The van der Waals surface area contributed by atoms with Crippen LogP contribution in [0.15, 0.2) is 0 Å². The molecule has 7 atom stereocenters. The Morgan fingerprint density at radius 2 is 1.17 bits per heavy atom. The van der Waals surface area contributed by atoms with E-state index in [2.05, 4.69) is 13.8 Å². The van der Waals surface area contributed by atoms with E-state index in [0.29, 0.717) is 12.8 Å². The fourth-order valence-corrected chi connectivity index (χ4v) is 6.39. The molecule has 0 aromatic heterocycles. The molecule has 0 aromatic rings. The lowest BCUT2D eigenvalue weighted by molar-refractivity contribution is -0.291. The van der Waals surface area contributed by atoms with Gasteiger partial charge in [0, 0.05) is 13.0 Å². The number of carbonyl (C=O) groups is 3. The van der Waals surface area contributed by atoms with E-state index in [1.54, 1.807) is 0 Å². The highest BCUT2D eigenvalue weighted by molar-refractivity contribution is 6.09. The molecule has 0 bridgehead atoms. The molecule has 0 radical (unpaired) electrons. The normalized spacial score (nSPS) is 24.5. The first-order valence-corrected chi connectivity index (χ1v) is 18.3. The van der Waals surface area contributed by atoms with Crippen molar-refractivity contribution >= 4 is 17.5 Å². The maximum absolute atomic E-state index is 13.8. The van der Waals surface area contributed by atoms with Gasteiger partial charge in [0.15, 0.2) is 11.6 Å². The van der Waals surface area contributed by atoms with Gasteiger partial charge in [0.2, 0.25) is 11.8 Å². The average Bonchev–Trinajstić information content (AvgIpc) is 3.03. The van der Waals surface area contributed by atoms with Crippen molar-refractivity contribution in [1.29, 1.82) is 0 Å². The highest BCUT2D eigenvalue weighted by atomic mass is 16.6. The Bertz CT molecular complexity index is 861. The van der Waals surface area contributed by atoms with Gasteiger partial charge in [-0.25, -0.2) is 0 Å². The summed E-state index contributed by atoms with van der Waals surface area (Å²) in [5.41, 5.74) is 18.5. The van der Waals surface area contributed by atoms with E-state index in [1.165, 1.54) is 76.0 Å². The Balaban J connectivity index is 3.08. The largest absolute Gasteiger partial charge is 0.394 e. The van der Waals surface area contributed by atoms with Gasteiger partial charge in [-0.3, -0.25) is 20.1 Å². The summed E-state index contributed by atoms with van der Waals surface area (Å²) in [4.78, 5) is 41.4. The maximum Gasteiger partial charge on any atom is 0.225 e. The Morgan fingerprint density at radius 3 is 1.61 bits per heavy atom. The van der Waals surface area contributed by atoms with Crippen molar-refractivity contribution in [3.8, 4) is 0 Å². The predicted molar refractivity (Wildman–Crippen MR) is 181 cm³/mol. The van der Waals surface area contributed by atoms with Crippen LogP contribution in [0.2, 0.25) is 0 Å². The molecular weight excluding hydrogens is 588 g/mol. The van der Waals surface area contributed by atoms with Gasteiger partial charge < -0.3 is 36.4 Å². The quantitative estimate of drug-likeness (QED) is 0.0429. The van der Waals surface area contributed by atoms with Crippen molar-refractivity contribution in [2.75, 3.05) is 13.2 Å². The molecule has 0 aromatic carbocycles. The van der Waals surface area contributed by atoms with Crippen LogP contribution in [0.5, 0.6) is 0 Å². The van der Waals surface area contributed by atoms with Gasteiger partial charge in [0.05, 0.1) is 18.8 Å². The van der Waals surface area contributed by atoms with Crippen LogP contribution >= 0.6 is 0 Å². The molecule has 0 spiro atoms. The highest BCUT2D eigenvalue weighted by Crippen LogP contribution is 2.36. The van der Waals surface area contributed by atoms with Crippen LogP contribution in [0.25, 0.3) is 0 Å². The molecule has 0 saturated carbocycles.